The molecule has 2 aromatic heterocycles. The number of ketones is 1. The van der Waals surface area contributed by atoms with E-state index < -0.39 is 29.5 Å². The summed E-state index contributed by atoms with van der Waals surface area (Å²) in [5.41, 5.74) is 1.91. The quantitative estimate of drug-likeness (QED) is 0.401. The number of carbonyl (C=O) groups excluding carboxylic acids is 3. The van der Waals surface area contributed by atoms with Gasteiger partial charge in [-0.15, -0.1) is 0 Å². The molecule has 0 bridgehead atoms. The Hall–Kier alpha value is -3.53. The lowest BCUT2D eigenvalue weighted by molar-refractivity contribution is -0.117. The number of rotatable bonds is 6. The average molecular weight is 488 g/mol. The monoisotopic (exact) mass is 487 g/mol. The van der Waals surface area contributed by atoms with Gasteiger partial charge in [-0.1, -0.05) is 16.8 Å². The number of nitrogens with one attached hydrogen (secondary N) is 2. The van der Waals surface area contributed by atoms with E-state index in [0.29, 0.717) is 41.3 Å². The molecule has 0 saturated carbocycles. The van der Waals surface area contributed by atoms with E-state index in [-0.39, 0.29) is 16.6 Å². The fourth-order valence-corrected chi connectivity index (χ4v) is 4.34. The molecule has 1 atom stereocenters. The molecular formula is C23H23ClFN5O4. The van der Waals surface area contributed by atoms with E-state index in [1.54, 1.807) is 25.3 Å². The molecule has 1 unspecified atom stereocenters. The summed E-state index contributed by atoms with van der Waals surface area (Å²) in [6, 6.07) is 3.20. The van der Waals surface area contributed by atoms with Gasteiger partial charge in [-0.3, -0.25) is 14.4 Å². The molecule has 2 amide bonds. The van der Waals surface area contributed by atoms with Gasteiger partial charge in [0.15, 0.2) is 5.82 Å². The Morgan fingerprint density at radius 3 is 2.68 bits per heavy atom. The Kier molecular flexibility index (Phi) is 6.52. The lowest BCUT2D eigenvalue weighted by Gasteiger charge is -2.18. The molecule has 1 aliphatic heterocycles. The van der Waals surface area contributed by atoms with Crippen LogP contribution in [0.4, 0.5) is 10.1 Å². The summed E-state index contributed by atoms with van der Waals surface area (Å²) in [7, 11) is 0. The number of aromatic nitrogens is 3. The highest BCUT2D eigenvalue weighted by Crippen LogP contribution is 2.30. The number of fused-ring (bicyclic) bond motifs is 1. The Bertz CT molecular complexity index is 1300. The largest absolute Gasteiger partial charge is 0.341 e. The van der Waals surface area contributed by atoms with E-state index in [1.165, 1.54) is 12.1 Å². The summed E-state index contributed by atoms with van der Waals surface area (Å²) < 4.78 is 20.3. The van der Waals surface area contributed by atoms with Gasteiger partial charge in [0, 0.05) is 17.9 Å². The molecule has 0 radical (unpaired) electrons. The zero-order valence-electron chi connectivity index (χ0n) is 18.9. The fourth-order valence-electron chi connectivity index (χ4n) is 4.16. The lowest BCUT2D eigenvalue weighted by Crippen LogP contribution is -2.35. The highest BCUT2D eigenvalue weighted by atomic mass is 35.5. The molecule has 1 aromatic carbocycles. The molecule has 11 heteroatoms. The smallest absolute Gasteiger partial charge is 0.294 e. The fraction of sp³-hybridized carbons (Fsp3) is 0.348. The first-order chi connectivity index (χ1) is 16.2. The first-order valence-corrected chi connectivity index (χ1v) is 11.2. The zero-order valence-corrected chi connectivity index (χ0v) is 19.6. The predicted octanol–water partition coefficient (Wildman–Crippen LogP) is 3.93. The van der Waals surface area contributed by atoms with Crippen molar-refractivity contribution < 1.29 is 23.3 Å². The number of Topliss-reactive ketones (excluding diaryl/α,β-unsaturated/α-hetero) is 1. The summed E-state index contributed by atoms with van der Waals surface area (Å²) in [5, 5.41) is 8.86. The number of aryl methyl sites for hydroxylation is 1. The van der Waals surface area contributed by atoms with Crippen LogP contribution in [-0.2, 0) is 17.8 Å². The molecule has 3 aromatic rings. The summed E-state index contributed by atoms with van der Waals surface area (Å²) in [4.78, 5) is 43.2. The van der Waals surface area contributed by atoms with Crippen molar-refractivity contribution in [3.63, 3.8) is 0 Å². The SMILES string of the molecule is Cc1noc(C(C)NC(=O)C(=O)c2c(C)c(C(=O)Nc3ccc(F)c(Cl)c3)c3n2CCCC3)n1. The number of halogens is 2. The minimum Gasteiger partial charge on any atom is -0.341 e. The van der Waals surface area contributed by atoms with Crippen LogP contribution in [0.5, 0.6) is 0 Å². The van der Waals surface area contributed by atoms with Gasteiger partial charge in [0.2, 0.25) is 5.89 Å². The highest BCUT2D eigenvalue weighted by molar-refractivity contribution is 6.43. The summed E-state index contributed by atoms with van der Waals surface area (Å²) in [6.45, 7) is 5.43. The minimum absolute atomic E-state index is 0.119. The van der Waals surface area contributed by atoms with Crippen LogP contribution in [0.1, 0.15) is 69.6 Å². The van der Waals surface area contributed by atoms with Crippen LogP contribution >= 0.6 is 11.6 Å². The van der Waals surface area contributed by atoms with Gasteiger partial charge in [0.1, 0.15) is 11.9 Å². The maximum atomic E-state index is 13.5. The van der Waals surface area contributed by atoms with Gasteiger partial charge >= 0.3 is 0 Å². The average Bonchev–Trinajstić information content (AvgIpc) is 3.36. The Morgan fingerprint density at radius 1 is 1.24 bits per heavy atom. The number of hydrogen-bond acceptors (Lipinski definition) is 6. The Balaban J connectivity index is 1.63. The Morgan fingerprint density at radius 2 is 2.00 bits per heavy atom. The van der Waals surface area contributed by atoms with E-state index in [2.05, 4.69) is 20.8 Å². The van der Waals surface area contributed by atoms with Gasteiger partial charge < -0.3 is 19.7 Å². The normalized spacial score (nSPS) is 13.8. The second kappa shape index (κ2) is 9.38. The van der Waals surface area contributed by atoms with Gasteiger partial charge in [-0.05, 0) is 63.8 Å². The van der Waals surface area contributed by atoms with E-state index in [0.717, 1.165) is 18.9 Å². The summed E-state index contributed by atoms with van der Waals surface area (Å²) in [6.07, 6.45) is 2.25. The summed E-state index contributed by atoms with van der Waals surface area (Å²) >= 11 is 5.82. The van der Waals surface area contributed by atoms with Crippen molar-refractivity contribution in [2.24, 2.45) is 0 Å². The van der Waals surface area contributed by atoms with Crippen molar-refractivity contribution in [1.29, 1.82) is 0 Å². The van der Waals surface area contributed by atoms with Crippen LogP contribution < -0.4 is 10.6 Å². The third-order valence-corrected chi connectivity index (χ3v) is 6.04. The molecule has 0 fully saturated rings. The van der Waals surface area contributed by atoms with E-state index in [1.807, 2.05) is 0 Å². The number of anilines is 1. The van der Waals surface area contributed by atoms with Crippen molar-refractivity contribution in [1.82, 2.24) is 20.0 Å². The highest BCUT2D eigenvalue weighted by Gasteiger charge is 2.33. The number of carbonyl (C=O) groups is 3. The van der Waals surface area contributed by atoms with Gasteiger partial charge in [0.25, 0.3) is 17.6 Å². The molecule has 178 valence electrons. The number of hydrogen-bond donors (Lipinski definition) is 2. The number of amides is 2. The molecule has 9 nitrogen and oxygen atoms in total. The topological polar surface area (TPSA) is 119 Å². The van der Waals surface area contributed by atoms with Crippen molar-refractivity contribution >= 4 is 34.9 Å². The van der Waals surface area contributed by atoms with Gasteiger partial charge in [0.05, 0.1) is 16.3 Å². The molecule has 0 aliphatic carbocycles. The molecule has 2 N–H and O–H groups in total. The molecule has 3 heterocycles. The number of benzene rings is 1. The number of nitrogens with zero attached hydrogens (tertiary/aromatic N) is 3. The van der Waals surface area contributed by atoms with E-state index in [4.69, 9.17) is 16.1 Å². The third kappa shape index (κ3) is 4.45. The second-order valence-electron chi connectivity index (χ2n) is 8.19. The van der Waals surface area contributed by atoms with E-state index in [9.17, 15) is 18.8 Å². The first-order valence-electron chi connectivity index (χ1n) is 10.8. The van der Waals surface area contributed by atoms with Crippen LogP contribution in [0.15, 0.2) is 22.7 Å². The van der Waals surface area contributed by atoms with Crippen molar-refractivity contribution in [3.05, 3.63) is 63.3 Å². The predicted molar refractivity (Wildman–Crippen MR) is 121 cm³/mol. The first kappa shape index (κ1) is 23.6. The van der Waals surface area contributed by atoms with Gasteiger partial charge in [-0.2, -0.15) is 4.98 Å². The maximum Gasteiger partial charge on any atom is 0.294 e. The lowest BCUT2D eigenvalue weighted by atomic mass is 10.0. The Labute approximate surface area is 199 Å². The molecule has 0 saturated heterocycles. The van der Waals surface area contributed by atoms with Crippen molar-refractivity contribution in [3.8, 4) is 0 Å². The minimum atomic E-state index is -0.838. The van der Waals surface area contributed by atoms with E-state index >= 15 is 0 Å². The van der Waals surface area contributed by atoms with Crippen molar-refractivity contribution in [2.75, 3.05) is 5.32 Å². The molecule has 4 rings (SSSR count). The van der Waals surface area contributed by atoms with Crippen LogP contribution in [-0.4, -0.2) is 32.3 Å². The van der Waals surface area contributed by atoms with Crippen molar-refractivity contribution in [2.45, 2.75) is 52.6 Å². The summed E-state index contributed by atoms with van der Waals surface area (Å²) in [5.74, 6) is -2.05. The zero-order chi connectivity index (χ0) is 24.6. The molecular weight excluding hydrogens is 465 g/mol. The maximum absolute atomic E-state index is 13.5. The van der Waals surface area contributed by atoms with Crippen LogP contribution in [0.3, 0.4) is 0 Å². The molecule has 1 aliphatic rings. The molecule has 34 heavy (non-hydrogen) atoms. The molecule has 0 spiro atoms. The van der Waals surface area contributed by atoms with Gasteiger partial charge in [-0.25, -0.2) is 4.39 Å². The van der Waals surface area contributed by atoms with Crippen LogP contribution in [0.2, 0.25) is 5.02 Å². The third-order valence-electron chi connectivity index (χ3n) is 5.75. The second-order valence-corrected chi connectivity index (χ2v) is 8.60. The van der Waals surface area contributed by atoms with Crippen LogP contribution in [0, 0.1) is 19.7 Å². The van der Waals surface area contributed by atoms with Crippen LogP contribution in [0.25, 0.3) is 0 Å². The standard InChI is InChI=1S/C23H23ClFN5O4/c1-11-18(21(32)28-14-7-8-16(25)15(24)10-14)17-6-4-5-9-30(17)19(11)20(31)22(33)26-12(2)23-27-13(3)29-34-23/h7-8,10,12H,4-6,9H2,1-3H3,(H,26,33)(H,28,32).